The van der Waals surface area contributed by atoms with Crippen LogP contribution >= 0.6 is 0 Å². The number of hydrogen-bond donors (Lipinski definition) is 2. The van der Waals surface area contributed by atoms with Crippen LogP contribution in [0.3, 0.4) is 0 Å². The van der Waals surface area contributed by atoms with Crippen LogP contribution in [0, 0.1) is 11.8 Å². The Balaban J connectivity index is 2.04. The van der Waals surface area contributed by atoms with Crippen molar-refractivity contribution < 1.29 is 19.5 Å². The third-order valence-corrected chi connectivity index (χ3v) is 4.01. The number of hydrogen-bond acceptors (Lipinski definition) is 4. The highest BCUT2D eigenvalue weighted by Gasteiger charge is 2.36. The molecule has 1 aliphatic heterocycles. The van der Waals surface area contributed by atoms with Crippen LogP contribution in [0.1, 0.15) is 46.0 Å². The summed E-state index contributed by atoms with van der Waals surface area (Å²) in [6.45, 7) is 3.56. The summed E-state index contributed by atoms with van der Waals surface area (Å²) in [6, 6.07) is 0. The van der Waals surface area contributed by atoms with Crippen molar-refractivity contribution in [1.82, 2.24) is 5.32 Å². The summed E-state index contributed by atoms with van der Waals surface area (Å²) in [5, 5.41) is 12.4. The van der Waals surface area contributed by atoms with E-state index in [1.54, 1.807) is 6.92 Å². The van der Waals surface area contributed by atoms with Crippen LogP contribution in [0.4, 0.5) is 0 Å². The fraction of sp³-hybridized carbons (Fsp3) is 0.667. The molecule has 2 rings (SSSR count). The van der Waals surface area contributed by atoms with Gasteiger partial charge in [0.1, 0.15) is 0 Å². The molecule has 2 N–H and O–H groups in total. The van der Waals surface area contributed by atoms with E-state index in [0.717, 1.165) is 0 Å². The first-order valence-electron chi connectivity index (χ1n) is 7.05. The molecule has 110 valence electrons. The van der Waals surface area contributed by atoms with Gasteiger partial charge in [0.2, 0.25) is 11.8 Å². The summed E-state index contributed by atoms with van der Waals surface area (Å²) >= 11 is 0. The number of amides is 2. The molecule has 0 aromatic carbocycles. The lowest BCUT2D eigenvalue weighted by Crippen LogP contribution is -2.39. The van der Waals surface area contributed by atoms with E-state index in [2.05, 4.69) is 5.32 Å². The maximum Gasteiger partial charge on any atom is 0.226 e. The lowest BCUT2D eigenvalue weighted by molar-refractivity contribution is -0.134. The van der Waals surface area contributed by atoms with E-state index in [0.29, 0.717) is 37.7 Å². The van der Waals surface area contributed by atoms with Gasteiger partial charge in [-0.1, -0.05) is 13.0 Å². The SMILES string of the molecule is CC1CC(C)(O)CC(=CCC2CC(=O)NC(=O)C2)C1=O. The molecule has 2 unspecified atom stereocenters. The number of rotatable bonds is 2. The maximum atomic E-state index is 12.1. The van der Waals surface area contributed by atoms with Gasteiger partial charge in [-0.3, -0.25) is 19.7 Å². The highest BCUT2D eigenvalue weighted by atomic mass is 16.3. The molecule has 1 aliphatic carbocycles. The second-order valence-electron chi connectivity index (χ2n) is 6.35. The van der Waals surface area contributed by atoms with Crippen molar-refractivity contribution in [3.05, 3.63) is 11.6 Å². The Kier molecular flexibility index (Phi) is 4.09. The molecule has 0 spiro atoms. The fourth-order valence-corrected chi connectivity index (χ4v) is 3.14. The predicted molar refractivity (Wildman–Crippen MR) is 72.6 cm³/mol. The molecular weight excluding hydrogens is 258 g/mol. The van der Waals surface area contributed by atoms with Crippen molar-refractivity contribution in [2.45, 2.75) is 51.6 Å². The standard InChI is InChI=1S/C15H21NO4/c1-9-7-15(2,20)8-11(14(9)19)4-3-10-5-12(17)16-13(18)6-10/h4,9-10,20H,3,5-8H2,1-2H3,(H,16,17,18). The molecule has 1 saturated carbocycles. The molecule has 2 atom stereocenters. The van der Waals surface area contributed by atoms with E-state index >= 15 is 0 Å². The highest BCUT2D eigenvalue weighted by molar-refractivity contribution is 5.98. The number of nitrogens with one attached hydrogen (secondary N) is 1. The van der Waals surface area contributed by atoms with Crippen LogP contribution in [0.5, 0.6) is 0 Å². The van der Waals surface area contributed by atoms with Gasteiger partial charge in [0.05, 0.1) is 5.60 Å². The van der Waals surface area contributed by atoms with Crippen LogP contribution in [0.15, 0.2) is 11.6 Å². The normalized spacial score (nSPS) is 34.5. The molecular formula is C15H21NO4. The summed E-state index contributed by atoms with van der Waals surface area (Å²) in [7, 11) is 0. The first-order chi connectivity index (χ1) is 9.27. The van der Waals surface area contributed by atoms with Gasteiger partial charge >= 0.3 is 0 Å². The molecule has 2 amide bonds. The van der Waals surface area contributed by atoms with Crippen LogP contribution in [0.25, 0.3) is 0 Å². The van der Waals surface area contributed by atoms with Crippen LogP contribution in [0.2, 0.25) is 0 Å². The number of carbonyl (C=O) groups is 3. The Labute approximate surface area is 118 Å². The Hall–Kier alpha value is -1.49. The summed E-state index contributed by atoms with van der Waals surface area (Å²) in [5.41, 5.74) is -0.217. The maximum absolute atomic E-state index is 12.1. The van der Waals surface area contributed by atoms with E-state index in [1.807, 2.05) is 13.0 Å². The minimum atomic E-state index is -0.848. The smallest absolute Gasteiger partial charge is 0.226 e. The van der Waals surface area contributed by atoms with Crippen LogP contribution in [-0.2, 0) is 14.4 Å². The van der Waals surface area contributed by atoms with Crippen LogP contribution < -0.4 is 5.32 Å². The van der Waals surface area contributed by atoms with Gasteiger partial charge in [-0.2, -0.15) is 0 Å². The number of carbonyl (C=O) groups excluding carboxylic acids is 3. The summed E-state index contributed by atoms with van der Waals surface area (Å²) in [5.74, 6) is -0.650. The zero-order valence-electron chi connectivity index (χ0n) is 11.9. The Morgan fingerprint density at radius 1 is 1.30 bits per heavy atom. The molecule has 20 heavy (non-hydrogen) atoms. The second-order valence-corrected chi connectivity index (χ2v) is 6.35. The first kappa shape index (κ1) is 14.9. The van der Waals surface area contributed by atoms with E-state index in [4.69, 9.17) is 0 Å². The molecule has 1 saturated heterocycles. The van der Waals surface area contributed by atoms with Gasteiger partial charge < -0.3 is 5.11 Å². The monoisotopic (exact) mass is 279 g/mol. The fourth-order valence-electron chi connectivity index (χ4n) is 3.14. The van der Waals surface area contributed by atoms with Gasteiger partial charge in [0.15, 0.2) is 5.78 Å². The topological polar surface area (TPSA) is 83.5 Å². The van der Waals surface area contributed by atoms with Crippen molar-refractivity contribution in [2.75, 3.05) is 0 Å². The largest absolute Gasteiger partial charge is 0.390 e. The number of allylic oxidation sites excluding steroid dienone is 1. The lowest BCUT2D eigenvalue weighted by Gasteiger charge is -2.33. The van der Waals surface area contributed by atoms with Crippen molar-refractivity contribution in [3.8, 4) is 0 Å². The van der Waals surface area contributed by atoms with Gasteiger partial charge in [0, 0.05) is 25.2 Å². The van der Waals surface area contributed by atoms with Gasteiger partial charge in [-0.25, -0.2) is 0 Å². The van der Waals surface area contributed by atoms with Gasteiger partial charge in [-0.05, 0) is 31.3 Å². The highest BCUT2D eigenvalue weighted by Crippen LogP contribution is 2.34. The van der Waals surface area contributed by atoms with Crippen molar-refractivity contribution in [1.29, 1.82) is 0 Å². The third-order valence-electron chi connectivity index (χ3n) is 4.01. The average Bonchev–Trinajstić information content (AvgIpc) is 2.30. The minimum absolute atomic E-state index is 0.0428. The Morgan fingerprint density at radius 2 is 1.90 bits per heavy atom. The molecule has 2 fully saturated rings. The molecule has 1 heterocycles. The van der Waals surface area contributed by atoms with Gasteiger partial charge in [0.25, 0.3) is 0 Å². The van der Waals surface area contributed by atoms with E-state index in [-0.39, 0.29) is 29.4 Å². The van der Waals surface area contributed by atoms with Crippen molar-refractivity contribution >= 4 is 17.6 Å². The molecule has 5 heteroatoms. The average molecular weight is 279 g/mol. The van der Waals surface area contributed by atoms with Crippen LogP contribution in [-0.4, -0.2) is 28.3 Å². The van der Waals surface area contributed by atoms with E-state index in [1.165, 1.54) is 0 Å². The molecule has 0 aromatic heterocycles. The summed E-state index contributed by atoms with van der Waals surface area (Å²) in [6.07, 6.45) is 3.80. The third kappa shape index (κ3) is 3.54. The minimum Gasteiger partial charge on any atom is -0.390 e. The number of Topliss-reactive ketones (excluding diaryl/α,β-unsaturated/α-hetero) is 1. The molecule has 5 nitrogen and oxygen atoms in total. The quantitative estimate of drug-likeness (QED) is 0.586. The summed E-state index contributed by atoms with van der Waals surface area (Å²) in [4.78, 5) is 34.7. The number of imide groups is 1. The second kappa shape index (κ2) is 5.48. The first-order valence-corrected chi connectivity index (χ1v) is 7.05. The number of piperidine rings is 1. The molecule has 2 aliphatic rings. The molecule has 0 aromatic rings. The van der Waals surface area contributed by atoms with Crippen molar-refractivity contribution in [2.24, 2.45) is 11.8 Å². The number of aliphatic hydroxyl groups is 1. The zero-order valence-corrected chi connectivity index (χ0v) is 11.9. The van der Waals surface area contributed by atoms with Crippen molar-refractivity contribution in [3.63, 3.8) is 0 Å². The molecule has 0 radical (unpaired) electrons. The molecule has 0 bridgehead atoms. The number of ketones is 1. The zero-order chi connectivity index (χ0) is 14.9. The lowest BCUT2D eigenvalue weighted by atomic mass is 9.75. The van der Waals surface area contributed by atoms with E-state index in [9.17, 15) is 19.5 Å². The van der Waals surface area contributed by atoms with Gasteiger partial charge in [-0.15, -0.1) is 0 Å². The Bertz CT molecular complexity index is 462. The predicted octanol–water partition coefficient (Wildman–Crippen LogP) is 1.11. The van der Waals surface area contributed by atoms with E-state index < -0.39 is 5.60 Å². The Morgan fingerprint density at radius 3 is 2.50 bits per heavy atom. The summed E-state index contributed by atoms with van der Waals surface area (Å²) < 4.78 is 0.